The summed E-state index contributed by atoms with van der Waals surface area (Å²) in [5, 5.41) is 13.5. The molecule has 2 heterocycles. The van der Waals surface area contributed by atoms with Crippen LogP contribution >= 0.6 is 15.9 Å². The number of hydrogen-bond acceptors (Lipinski definition) is 5. The Balaban J connectivity index is 1.40. The van der Waals surface area contributed by atoms with Crippen LogP contribution in [0.4, 0.5) is 4.39 Å². The molecule has 0 saturated carbocycles. The minimum atomic E-state index is -0.625. The van der Waals surface area contributed by atoms with Gasteiger partial charge in [0.15, 0.2) is 6.23 Å². The van der Waals surface area contributed by atoms with Gasteiger partial charge in [-0.2, -0.15) is 10.4 Å². The van der Waals surface area contributed by atoms with E-state index in [-0.39, 0.29) is 18.3 Å². The van der Waals surface area contributed by atoms with Crippen molar-refractivity contribution in [2.75, 3.05) is 19.8 Å². The fourth-order valence-electron chi connectivity index (χ4n) is 4.30. The Kier molecular flexibility index (Phi) is 7.82. The standard InChI is InChI=1S/C29H24BrFN4O3/c30-22-6-10-24(11-7-22)35-18-26(28(33-35)21-4-8-23(31)9-5-21)29-34(27(36)19-38-29)16-14-20-2-12-25(13-3-20)37-17-1-15-32/h2-13,18,29H,1,14,16-17,19H2. The Hall–Kier alpha value is -4.00. The second kappa shape index (κ2) is 11.6. The fourth-order valence-corrected chi connectivity index (χ4v) is 4.56. The number of hydrogen-bond donors (Lipinski definition) is 0. The largest absolute Gasteiger partial charge is 0.493 e. The number of carbonyl (C=O) groups excluding carboxylic acids is 1. The van der Waals surface area contributed by atoms with Crippen molar-refractivity contribution in [1.29, 1.82) is 5.26 Å². The number of halogens is 2. The Morgan fingerprint density at radius 1 is 1.08 bits per heavy atom. The SMILES string of the molecule is N#CCCOc1ccc(CCN2C(=O)COC2c2cn(-c3ccc(Br)cc3)nc2-c2ccc(F)cc2)cc1. The summed E-state index contributed by atoms with van der Waals surface area (Å²) in [4.78, 5) is 14.6. The minimum absolute atomic E-state index is 0.0251. The molecular formula is C29H24BrFN4O3. The van der Waals surface area contributed by atoms with Crippen LogP contribution in [0.25, 0.3) is 16.9 Å². The second-order valence-electron chi connectivity index (χ2n) is 8.76. The van der Waals surface area contributed by atoms with Crippen molar-refractivity contribution in [2.24, 2.45) is 0 Å². The third-order valence-corrected chi connectivity index (χ3v) is 6.76. The van der Waals surface area contributed by atoms with Gasteiger partial charge < -0.3 is 14.4 Å². The van der Waals surface area contributed by atoms with Gasteiger partial charge in [-0.05, 0) is 72.6 Å². The normalized spacial score (nSPS) is 15.0. The van der Waals surface area contributed by atoms with Crippen molar-refractivity contribution in [3.05, 3.63) is 100 Å². The molecule has 1 fully saturated rings. The Bertz CT molecular complexity index is 1450. The molecule has 1 saturated heterocycles. The van der Waals surface area contributed by atoms with Gasteiger partial charge in [-0.3, -0.25) is 4.79 Å². The first-order valence-corrected chi connectivity index (χ1v) is 12.9. The van der Waals surface area contributed by atoms with Crippen molar-refractivity contribution >= 4 is 21.8 Å². The maximum Gasteiger partial charge on any atom is 0.250 e. The number of carbonyl (C=O) groups is 1. The first-order valence-electron chi connectivity index (χ1n) is 12.1. The Labute approximate surface area is 228 Å². The molecule has 1 aromatic heterocycles. The number of aromatic nitrogens is 2. The summed E-state index contributed by atoms with van der Waals surface area (Å²) in [5.41, 5.74) is 3.96. The zero-order valence-electron chi connectivity index (χ0n) is 20.4. The lowest BCUT2D eigenvalue weighted by molar-refractivity contribution is -0.128. The maximum atomic E-state index is 13.7. The van der Waals surface area contributed by atoms with Crippen LogP contribution < -0.4 is 4.74 Å². The zero-order valence-corrected chi connectivity index (χ0v) is 22.0. The lowest BCUT2D eigenvalue weighted by atomic mass is 10.1. The smallest absolute Gasteiger partial charge is 0.250 e. The van der Waals surface area contributed by atoms with Crippen molar-refractivity contribution < 1.29 is 18.7 Å². The number of ether oxygens (including phenoxy) is 2. The van der Waals surface area contributed by atoms with E-state index in [1.165, 1.54) is 12.1 Å². The molecule has 4 aromatic rings. The number of rotatable bonds is 9. The highest BCUT2D eigenvalue weighted by atomic mass is 79.9. The summed E-state index contributed by atoms with van der Waals surface area (Å²) >= 11 is 3.46. The molecular weight excluding hydrogens is 551 g/mol. The lowest BCUT2D eigenvalue weighted by Gasteiger charge is -2.23. The monoisotopic (exact) mass is 574 g/mol. The molecule has 0 radical (unpaired) electrons. The molecule has 0 bridgehead atoms. The quantitative estimate of drug-likeness (QED) is 0.235. The molecule has 0 N–H and O–H groups in total. The van der Waals surface area contributed by atoms with Crippen molar-refractivity contribution in [3.8, 4) is 28.8 Å². The number of nitriles is 1. The molecule has 1 amide bonds. The van der Waals surface area contributed by atoms with E-state index in [1.807, 2.05) is 54.7 Å². The summed E-state index contributed by atoms with van der Waals surface area (Å²) in [5.74, 6) is 0.262. The van der Waals surface area contributed by atoms with Gasteiger partial charge in [-0.1, -0.05) is 28.1 Å². The summed E-state index contributed by atoms with van der Waals surface area (Å²) in [6, 6.07) is 23.5. The van der Waals surface area contributed by atoms with E-state index in [0.29, 0.717) is 37.4 Å². The van der Waals surface area contributed by atoms with E-state index in [1.54, 1.807) is 21.7 Å². The zero-order chi connectivity index (χ0) is 26.5. The topological polar surface area (TPSA) is 80.4 Å². The molecule has 9 heteroatoms. The third-order valence-electron chi connectivity index (χ3n) is 6.23. The Morgan fingerprint density at radius 2 is 1.82 bits per heavy atom. The van der Waals surface area contributed by atoms with E-state index in [2.05, 4.69) is 22.0 Å². The van der Waals surface area contributed by atoms with Crippen LogP contribution in [-0.2, 0) is 16.0 Å². The number of nitrogens with zero attached hydrogens (tertiary/aromatic N) is 4. The molecule has 0 spiro atoms. The highest BCUT2D eigenvalue weighted by molar-refractivity contribution is 9.10. The van der Waals surface area contributed by atoms with Gasteiger partial charge in [-0.25, -0.2) is 9.07 Å². The highest BCUT2D eigenvalue weighted by Gasteiger charge is 2.36. The van der Waals surface area contributed by atoms with E-state index < -0.39 is 6.23 Å². The molecule has 1 aliphatic heterocycles. The van der Waals surface area contributed by atoms with Crippen molar-refractivity contribution in [3.63, 3.8) is 0 Å². The summed E-state index contributed by atoms with van der Waals surface area (Å²) in [6.07, 6.45) is 2.20. The van der Waals surface area contributed by atoms with Gasteiger partial charge in [0.2, 0.25) is 0 Å². The van der Waals surface area contributed by atoms with Crippen LogP contribution in [0.2, 0.25) is 0 Å². The van der Waals surface area contributed by atoms with E-state index >= 15 is 0 Å². The van der Waals surface area contributed by atoms with E-state index in [0.717, 1.165) is 26.9 Å². The van der Waals surface area contributed by atoms with Gasteiger partial charge in [0, 0.05) is 28.3 Å². The number of amides is 1. The first-order chi connectivity index (χ1) is 18.5. The van der Waals surface area contributed by atoms with Crippen LogP contribution in [0.1, 0.15) is 23.8 Å². The second-order valence-corrected chi connectivity index (χ2v) is 9.68. The van der Waals surface area contributed by atoms with Gasteiger partial charge in [0.1, 0.15) is 30.5 Å². The maximum absolute atomic E-state index is 13.7. The summed E-state index contributed by atoms with van der Waals surface area (Å²) < 4.78 is 27.9. The van der Waals surface area contributed by atoms with Gasteiger partial charge in [0.05, 0.1) is 18.2 Å². The van der Waals surface area contributed by atoms with E-state index in [4.69, 9.17) is 19.8 Å². The average molecular weight is 575 g/mol. The molecule has 1 unspecified atom stereocenters. The molecule has 0 aliphatic carbocycles. The van der Waals surface area contributed by atoms with Crippen molar-refractivity contribution in [1.82, 2.24) is 14.7 Å². The Morgan fingerprint density at radius 3 is 2.53 bits per heavy atom. The highest BCUT2D eigenvalue weighted by Crippen LogP contribution is 2.35. The fraction of sp³-hybridized carbons (Fsp3) is 0.207. The summed E-state index contributed by atoms with van der Waals surface area (Å²) in [7, 11) is 0. The van der Waals surface area contributed by atoms with Crippen LogP contribution in [0.3, 0.4) is 0 Å². The van der Waals surface area contributed by atoms with Gasteiger partial charge in [-0.15, -0.1) is 0 Å². The molecule has 5 rings (SSSR count). The lowest BCUT2D eigenvalue weighted by Crippen LogP contribution is -2.30. The van der Waals surface area contributed by atoms with E-state index in [9.17, 15) is 9.18 Å². The molecule has 3 aromatic carbocycles. The molecule has 38 heavy (non-hydrogen) atoms. The van der Waals surface area contributed by atoms with Crippen molar-refractivity contribution in [2.45, 2.75) is 19.1 Å². The first kappa shape index (κ1) is 25.6. The average Bonchev–Trinajstić information content (AvgIpc) is 3.53. The molecule has 1 atom stereocenters. The molecule has 1 aliphatic rings. The number of benzene rings is 3. The van der Waals surface area contributed by atoms with Crippen LogP contribution in [0.15, 0.2) is 83.5 Å². The predicted molar refractivity (Wildman–Crippen MR) is 143 cm³/mol. The van der Waals surface area contributed by atoms with Gasteiger partial charge >= 0.3 is 0 Å². The third kappa shape index (κ3) is 5.77. The van der Waals surface area contributed by atoms with Crippen LogP contribution in [0.5, 0.6) is 5.75 Å². The summed E-state index contributed by atoms with van der Waals surface area (Å²) in [6.45, 7) is 0.772. The van der Waals surface area contributed by atoms with Gasteiger partial charge in [0.25, 0.3) is 5.91 Å². The predicted octanol–water partition coefficient (Wildman–Crippen LogP) is 5.83. The molecule has 192 valence electrons. The molecule has 7 nitrogen and oxygen atoms in total. The minimum Gasteiger partial charge on any atom is -0.493 e. The van der Waals surface area contributed by atoms with Crippen LogP contribution in [0, 0.1) is 17.1 Å². The van der Waals surface area contributed by atoms with Crippen LogP contribution in [-0.4, -0.2) is 40.3 Å².